The van der Waals surface area contributed by atoms with Gasteiger partial charge in [-0.15, -0.1) is 0 Å². The molecule has 0 radical (unpaired) electrons. The molecule has 1 unspecified atom stereocenters. The summed E-state index contributed by atoms with van der Waals surface area (Å²) >= 11 is 6.86. The van der Waals surface area contributed by atoms with Crippen LogP contribution in [0.3, 0.4) is 0 Å². The smallest absolute Gasteiger partial charge is 0.164 e. The van der Waals surface area contributed by atoms with Crippen LogP contribution in [0.25, 0.3) is 0 Å². The SMILES string of the molecule is O=C(CC(C#Cc1ccccc1)c1ccc(Br)cc1)c1ccc(Br)cc1. The van der Waals surface area contributed by atoms with Gasteiger partial charge in [0.25, 0.3) is 0 Å². The van der Waals surface area contributed by atoms with E-state index in [-0.39, 0.29) is 11.7 Å². The molecular weight excluding hydrogens is 452 g/mol. The molecule has 0 aliphatic carbocycles. The molecule has 0 N–H and O–H groups in total. The average Bonchev–Trinajstić information content (AvgIpc) is 2.67. The first-order chi connectivity index (χ1) is 12.6. The van der Waals surface area contributed by atoms with E-state index in [1.807, 2.05) is 78.9 Å². The van der Waals surface area contributed by atoms with Crippen molar-refractivity contribution in [2.75, 3.05) is 0 Å². The minimum Gasteiger partial charge on any atom is -0.294 e. The van der Waals surface area contributed by atoms with Gasteiger partial charge in [0.2, 0.25) is 0 Å². The van der Waals surface area contributed by atoms with Crippen LogP contribution in [0, 0.1) is 11.8 Å². The molecule has 0 heterocycles. The van der Waals surface area contributed by atoms with Crippen molar-refractivity contribution < 1.29 is 4.79 Å². The number of carbonyl (C=O) groups is 1. The van der Waals surface area contributed by atoms with Gasteiger partial charge < -0.3 is 0 Å². The van der Waals surface area contributed by atoms with E-state index in [1.165, 1.54) is 0 Å². The van der Waals surface area contributed by atoms with Gasteiger partial charge in [0.15, 0.2) is 5.78 Å². The van der Waals surface area contributed by atoms with E-state index in [0.29, 0.717) is 12.0 Å². The Balaban J connectivity index is 1.87. The number of halogens is 2. The molecule has 0 spiro atoms. The van der Waals surface area contributed by atoms with Crippen molar-refractivity contribution in [2.24, 2.45) is 0 Å². The molecule has 3 heteroatoms. The Bertz CT molecular complexity index is 933. The van der Waals surface area contributed by atoms with Crippen LogP contribution in [-0.2, 0) is 0 Å². The maximum Gasteiger partial charge on any atom is 0.164 e. The molecule has 0 aromatic heterocycles. The van der Waals surface area contributed by atoms with Gasteiger partial charge in [-0.05, 0) is 42.0 Å². The fourth-order valence-electron chi connectivity index (χ4n) is 2.58. The van der Waals surface area contributed by atoms with E-state index in [0.717, 1.165) is 20.1 Å². The maximum absolute atomic E-state index is 12.7. The lowest BCUT2D eigenvalue weighted by Crippen LogP contribution is -2.06. The molecule has 128 valence electrons. The van der Waals surface area contributed by atoms with Gasteiger partial charge in [0.05, 0.1) is 5.92 Å². The summed E-state index contributed by atoms with van der Waals surface area (Å²) in [4.78, 5) is 12.7. The fourth-order valence-corrected chi connectivity index (χ4v) is 3.11. The quantitative estimate of drug-likeness (QED) is 0.311. The second kappa shape index (κ2) is 8.98. The highest BCUT2D eigenvalue weighted by Gasteiger charge is 2.15. The number of rotatable bonds is 4. The van der Waals surface area contributed by atoms with E-state index < -0.39 is 0 Å². The Hall–Kier alpha value is -2.15. The van der Waals surface area contributed by atoms with E-state index in [4.69, 9.17) is 0 Å². The van der Waals surface area contributed by atoms with Crippen molar-refractivity contribution >= 4 is 37.6 Å². The first kappa shape index (κ1) is 18.6. The zero-order valence-electron chi connectivity index (χ0n) is 14.0. The fraction of sp³-hybridized carbons (Fsp3) is 0.0870. The first-order valence-corrected chi connectivity index (χ1v) is 9.81. The number of ketones is 1. The molecule has 1 nitrogen and oxygen atoms in total. The van der Waals surface area contributed by atoms with Crippen molar-refractivity contribution in [1.29, 1.82) is 0 Å². The van der Waals surface area contributed by atoms with Crippen LogP contribution < -0.4 is 0 Å². The van der Waals surface area contributed by atoms with Gasteiger partial charge >= 0.3 is 0 Å². The summed E-state index contributed by atoms with van der Waals surface area (Å²) in [5.41, 5.74) is 2.70. The Kier molecular flexibility index (Phi) is 6.44. The Labute approximate surface area is 170 Å². The van der Waals surface area contributed by atoms with Crippen molar-refractivity contribution in [3.8, 4) is 11.8 Å². The molecule has 3 aromatic carbocycles. The number of hydrogen-bond donors (Lipinski definition) is 0. The van der Waals surface area contributed by atoms with Crippen LogP contribution in [-0.4, -0.2) is 5.78 Å². The lowest BCUT2D eigenvalue weighted by Gasteiger charge is -2.11. The molecule has 0 fully saturated rings. The van der Waals surface area contributed by atoms with E-state index >= 15 is 0 Å². The molecule has 0 amide bonds. The van der Waals surface area contributed by atoms with Gasteiger partial charge in [-0.1, -0.05) is 86.2 Å². The average molecular weight is 468 g/mol. The zero-order chi connectivity index (χ0) is 18.4. The third kappa shape index (κ3) is 5.17. The number of Topliss-reactive ketones (excluding diaryl/α,β-unsaturated/α-hetero) is 1. The largest absolute Gasteiger partial charge is 0.294 e. The van der Waals surface area contributed by atoms with E-state index in [1.54, 1.807) is 0 Å². The minimum absolute atomic E-state index is 0.0905. The van der Waals surface area contributed by atoms with Crippen LogP contribution in [0.5, 0.6) is 0 Å². The van der Waals surface area contributed by atoms with Crippen LogP contribution in [0.1, 0.15) is 33.8 Å². The molecule has 26 heavy (non-hydrogen) atoms. The molecule has 3 aromatic rings. The van der Waals surface area contributed by atoms with Crippen molar-refractivity contribution in [3.05, 3.63) is 104 Å². The predicted molar refractivity (Wildman–Crippen MR) is 113 cm³/mol. The summed E-state index contributed by atoms with van der Waals surface area (Å²) in [6, 6.07) is 25.3. The monoisotopic (exact) mass is 466 g/mol. The lowest BCUT2D eigenvalue weighted by molar-refractivity contribution is 0.0979. The van der Waals surface area contributed by atoms with Crippen molar-refractivity contribution in [1.82, 2.24) is 0 Å². The molecule has 1 atom stereocenters. The Morgan fingerprint density at radius 1 is 0.808 bits per heavy atom. The normalized spacial score (nSPS) is 11.3. The summed E-state index contributed by atoms with van der Waals surface area (Å²) in [7, 11) is 0. The summed E-state index contributed by atoms with van der Waals surface area (Å²) < 4.78 is 1.97. The van der Waals surface area contributed by atoms with Crippen LogP contribution in [0.4, 0.5) is 0 Å². The standard InChI is InChI=1S/C23H16Br2O/c24-21-12-8-18(9-13-21)20(7-6-17-4-2-1-3-5-17)16-23(26)19-10-14-22(25)15-11-19/h1-5,8-15,20H,16H2. The van der Waals surface area contributed by atoms with E-state index in [9.17, 15) is 4.79 Å². The van der Waals surface area contributed by atoms with Gasteiger partial charge in [0.1, 0.15) is 0 Å². The second-order valence-electron chi connectivity index (χ2n) is 5.87. The van der Waals surface area contributed by atoms with Crippen LogP contribution in [0.15, 0.2) is 87.8 Å². The van der Waals surface area contributed by atoms with Crippen molar-refractivity contribution in [3.63, 3.8) is 0 Å². The summed E-state index contributed by atoms with van der Waals surface area (Å²) in [5, 5.41) is 0. The lowest BCUT2D eigenvalue weighted by atomic mass is 9.92. The molecule has 0 aliphatic heterocycles. The third-order valence-corrected chi connectivity index (χ3v) is 5.05. The minimum atomic E-state index is -0.153. The molecule has 3 rings (SSSR count). The molecular formula is C23H16Br2O. The molecule has 0 saturated carbocycles. The molecule has 0 bridgehead atoms. The van der Waals surface area contributed by atoms with Gasteiger partial charge in [-0.25, -0.2) is 0 Å². The number of benzene rings is 3. The zero-order valence-corrected chi connectivity index (χ0v) is 17.1. The Morgan fingerprint density at radius 3 is 2.00 bits per heavy atom. The van der Waals surface area contributed by atoms with Gasteiger partial charge in [-0.3, -0.25) is 4.79 Å². The maximum atomic E-state index is 12.7. The van der Waals surface area contributed by atoms with Crippen LogP contribution >= 0.6 is 31.9 Å². The molecule has 0 aliphatic rings. The molecule has 0 saturated heterocycles. The number of carbonyl (C=O) groups excluding carboxylic acids is 1. The van der Waals surface area contributed by atoms with Crippen molar-refractivity contribution in [2.45, 2.75) is 12.3 Å². The van der Waals surface area contributed by atoms with Gasteiger partial charge in [0, 0.05) is 26.5 Å². The predicted octanol–water partition coefficient (Wildman–Crippen LogP) is 6.62. The summed E-state index contributed by atoms with van der Waals surface area (Å²) in [6.07, 6.45) is 0.350. The first-order valence-electron chi connectivity index (χ1n) is 8.22. The number of hydrogen-bond acceptors (Lipinski definition) is 1. The highest BCUT2D eigenvalue weighted by atomic mass is 79.9. The highest BCUT2D eigenvalue weighted by Crippen LogP contribution is 2.24. The second-order valence-corrected chi connectivity index (χ2v) is 7.71. The van der Waals surface area contributed by atoms with Crippen LogP contribution in [0.2, 0.25) is 0 Å². The highest BCUT2D eigenvalue weighted by molar-refractivity contribution is 9.10. The van der Waals surface area contributed by atoms with Gasteiger partial charge in [-0.2, -0.15) is 0 Å². The topological polar surface area (TPSA) is 17.1 Å². The summed E-state index contributed by atoms with van der Waals surface area (Å²) in [5.74, 6) is 6.43. The third-order valence-electron chi connectivity index (χ3n) is 3.99. The Morgan fingerprint density at radius 2 is 1.38 bits per heavy atom. The summed E-state index contributed by atoms with van der Waals surface area (Å²) in [6.45, 7) is 0. The van der Waals surface area contributed by atoms with E-state index in [2.05, 4.69) is 43.7 Å².